The van der Waals surface area contributed by atoms with Crippen LogP contribution in [-0.2, 0) is 24.6 Å². The van der Waals surface area contributed by atoms with Gasteiger partial charge >= 0.3 is 5.69 Å². The van der Waals surface area contributed by atoms with Crippen molar-refractivity contribution in [3.8, 4) is 11.5 Å². The number of rotatable bonds is 11. The first-order valence-corrected chi connectivity index (χ1v) is 15.0. The molecule has 0 amide bonds. The minimum atomic E-state index is -2.74. The maximum Gasteiger partial charge on any atom is 0.349 e. The minimum absolute atomic E-state index is 0.156. The van der Waals surface area contributed by atoms with Gasteiger partial charge in [-0.1, -0.05) is 93.4 Å². The molecule has 1 atom stereocenters. The molecule has 0 aliphatic carbocycles. The quantitative estimate of drug-likeness (QED) is 0.261. The Balaban J connectivity index is 1.94. The lowest BCUT2D eigenvalue weighted by Crippen LogP contribution is -2.03. The molecule has 0 aliphatic heterocycles. The van der Waals surface area contributed by atoms with Crippen LogP contribution in [0.25, 0.3) is 0 Å². The van der Waals surface area contributed by atoms with Gasteiger partial charge in [0.05, 0.1) is 0 Å². The Labute approximate surface area is 196 Å². The highest BCUT2D eigenvalue weighted by Gasteiger charge is 2.29. The normalized spacial score (nSPS) is 12.4. The van der Waals surface area contributed by atoms with Gasteiger partial charge in [-0.25, -0.2) is 0 Å². The van der Waals surface area contributed by atoms with Crippen molar-refractivity contribution in [2.24, 2.45) is 0 Å². The van der Waals surface area contributed by atoms with Gasteiger partial charge in [0.2, 0.25) is 0 Å². The van der Waals surface area contributed by atoms with Crippen LogP contribution in [0.5, 0.6) is 11.5 Å². The Morgan fingerprint density at radius 1 is 0.742 bits per heavy atom. The van der Waals surface area contributed by atoms with Crippen LogP contribution in [0.4, 0.5) is 0 Å². The van der Waals surface area contributed by atoms with Crippen molar-refractivity contribution in [1.29, 1.82) is 0 Å². The second kappa shape index (κ2) is 11.8. The summed E-state index contributed by atoms with van der Waals surface area (Å²) in [5.41, 5.74) is 0.841. The fourth-order valence-corrected chi connectivity index (χ4v) is 8.96. The van der Waals surface area contributed by atoms with Gasteiger partial charge in [-0.3, -0.25) is 0 Å². The summed E-state index contributed by atoms with van der Waals surface area (Å²) in [5.74, 6) is 1.68. The van der Waals surface area contributed by atoms with Crippen molar-refractivity contribution in [1.82, 2.24) is 0 Å². The molecule has 0 heterocycles. The molecule has 5 heteroatoms. The maximum absolute atomic E-state index is 6.58. The fraction of sp³-hybridized carbons (Fsp3) is 0.308. The Bertz CT molecular complexity index is 952. The van der Waals surface area contributed by atoms with E-state index in [-0.39, 0.29) is 5.25 Å². The molecule has 0 aliphatic rings. The van der Waals surface area contributed by atoms with Crippen LogP contribution in [0.2, 0.25) is 0 Å². The van der Waals surface area contributed by atoms with Gasteiger partial charge in [0, 0.05) is 5.25 Å². The molecule has 0 aromatic heterocycles. The predicted molar refractivity (Wildman–Crippen MR) is 139 cm³/mol. The topological polar surface area (TPSA) is 18.5 Å². The van der Waals surface area contributed by atoms with Gasteiger partial charge in [-0.2, -0.15) is 0 Å². The van der Waals surface area contributed by atoms with Gasteiger partial charge in [0.15, 0.2) is 0 Å². The van der Waals surface area contributed by atoms with E-state index in [0.29, 0.717) is 0 Å². The number of hydrogen-bond acceptors (Lipinski definition) is 4. The maximum atomic E-state index is 6.58. The molecule has 0 fully saturated rings. The number of para-hydroxylation sites is 2. The van der Waals surface area contributed by atoms with Gasteiger partial charge in [0.1, 0.15) is 11.5 Å². The zero-order valence-electron chi connectivity index (χ0n) is 18.5. The molecular weight excluding hydrogens is 439 g/mol. The molecule has 2 nitrogen and oxygen atoms in total. The van der Waals surface area contributed by atoms with Gasteiger partial charge in [-0.15, -0.1) is 0 Å². The van der Waals surface area contributed by atoms with Crippen LogP contribution in [0.3, 0.4) is 0 Å². The van der Waals surface area contributed by atoms with Crippen LogP contribution < -0.4 is 9.05 Å². The molecule has 0 N–H and O–H groups in total. The average molecular weight is 471 g/mol. The predicted octanol–water partition coefficient (Wildman–Crippen LogP) is 8.77. The molecule has 0 saturated heterocycles. The molecule has 0 radical (unpaired) electrons. The lowest BCUT2D eigenvalue weighted by atomic mass is 10.1. The third-order valence-electron chi connectivity index (χ3n) is 4.96. The van der Waals surface area contributed by atoms with E-state index in [0.717, 1.165) is 37.2 Å². The Morgan fingerprint density at radius 2 is 1.19 bits per heavy atom. The summed E-state index contributed by atoms with van der Waals surface area (Å²) >= 11 is 7.78. The summed E-state index contributed by atoms with van der Waals surface area (Å²) in [6.07, 6.45) is 4.02. The largest absolute Gasteiger partial charge is 0.428 e. The van der Waals surface area contributed by atoms with Crippen molar-refractivity contribution >= 4 is 28.9 Å². The highest BCUT2D eigenvalue weighted by molar-refractivity contribution is 8.68. The van der Waals surface area contributed by atoms with Crippen molar-refractivity contribution in [3.05, 3.63) is 95.6 Å². The zero-order valence-corrected chi connectivity index (χ0v) is 21.0. The lowest BCUT2D eigenvalue weighted by molar-refractivity contribution is 0.498. The molecule has 164 valence electrons. The van der Waals surface area contributed by atoms with Crippen molar-refractivity contribution in [2.45, 2.75) is 51.7 Å². The van der Waals surface area contributed by atoms with Crippen LogP contribution in [0.1, 0.15) is 55.6 Å². The molecule has 3 aromatic carbocycles. The first-order valence-electron chi connectivity index (χ1n) is 10.9. The van der Waals surface area contributed by atoms with Crippen molar-refractivity contribution < 1.29 is 9.05 Å². The molecule has 0 bridgehead atoms. The van der Waals surface area contributed by atoms with Crippen molar-refractivity contribution in [3.63, 3.8) is 0 Å². The summed E-state index contributed by atoms with van der Waals surface area (Å²) in [6.45, 7) is 6.52. The second-order valence-electron chi connectivity index (χ2n) is 7.50. The first kappa shape index (κ1) is 23.9. The molecule has 3 aromatic rings. The first-order chi connectivity index (χ1) is 15.0. The molecule has 31 heavy (non-hydrogen) atoms. The van der Waals surface area contributed by atoms with Crippen molar-refractivity contribution in [2.75, 3.05) is 0 Å². The van der Waals surface area contributed by atoms with Gasteiger partial charge in [0.25, 0.3) is 0 Å². The van der Waals surface area contributed by atoms with E-state index in [2.05, 4.69) is 69.3 Å². The van der Waals surface area contributed by atoms with Gasteiger partial charge < -0.3 is 9.05 Å². The van der Waals surface area contributed by atoms with E-state index < -0.39 is 5.69 Å². The second-order valence-corrected chi connectivity index (χ2v) is 13.9. The number of aryl methyl sites for hydroxylation is 2. The molecule has 3 rings (SSSR count). The standard InChI is InChI=1S/C26H31O2PS2/c1-4-13-23-17-9-11-19-25(23)27-29(30,31-21(3)22-15-7-6-8-16-22)28-26-20-12-10-18-24(26)14-5-2/h6-12,15-21H,4-5,13-14H2,1-3H3. The number of benzene rings is 3. The molecule has 0 spiro atoms. The third kappa shape index (κ3) is 6.87. The van der Waals surface area contributed by atoms with E-state index in [4.69, 9.17) is 20.9 Å². The highest BCUT2D eigenvalue weighted by Crippen LogP contribution is 2.65. The highest BCUT2D eigenvalue weighted by atomic mass is 32.9. The van der Waals surface area contributed by atoms with E-state index in [1.54, 1.807) is 11.4 Å². The van der Waals surface area contributed by atoms with E-state index >= 15 is 0 Å². The summed E-state index contributed by atoms with van der Waals surface area (Å²) in [7, 11) is 0. The van der Waals surface area contributed by atoms with Crippen LogP contribution >= 0.6 is 17.1 Å². The van der Waals surface area contributed by atoms with E-state index in [1.165, 1.54) is 16.7 Å². The Morgan fingerprint density at radius 3 is 1.68 bits per heavy atom. The summed E-state index contributed by atoms with van der Waals surface area (Å²) in [6, 6.07) is 26.8. The third-order valence-corrected chi connectivity index (χ3v) is 10.0. The number of hydrogen-bond donors (Lipinski definition) is 0. The van der Waals surface area contributed by atoms with E-state index in [1.807, 2.05) is 30.3 Å². The Hall–Kier alpha value is -1.74. The summed E-state index contributed by atoms with van der Waals surface area (Å²) in [5, 5.41) is 0.156. The average Bonchev–Trinajstić information content (AvgIpc) is 2.77. The lowest BCUT2D eigenvalue weighted by Gasteiger charge is -2.27. The molecule has 1 unspecified atom stereocenters. The monoisotopic (exact) mass is 470 g/mol. The van der Waals surface area contributed by atoms with Gasteiger partial charge in [-0.05, 0) is 71.8 Å². The summed E-state index contributed by atoms with van der Waals surface area (Å²) < 4.78 is 13.2. The molecular formula is C26H31O2PS2. The summed E-state index contributed by atoms with van der Waals surface area (Å²) in [4.78, 5) is 0. The van der Waals surface area contributed by atoms with Crippen LogP contribution in [0, 0.1) is 0 Å². The smallest absolute Gasteiger partial charge is 0.349 e. The minimum Gasteiger partial charge on any atom is -0.428 e. The Kier molecular flexibility index (Phi) is 9.07. The molecule has 0 saturated carbocycles. The fourth-order valence-electron chi connectivity index (χ4n) is 3.42. The van der Waals surface area contributed by atoms with Crippen LogP contribution in [-0.4, -0.2) is 0 Å². The van der Waals surface area contributed by atoms with Crippen LogP contribution in [0.15, 0.2) is 78.9 Å². The SMILES string of the molecule is CCCc1ccccc1OP(=S)(Oc1ccccc1CCC)SC(C)c1ccccc1. The zero-order chi connectivity index (χ0) is 22.1. The van der Waals surface area contributed by atoms with E-state index in [9.17, 15) is 0 Å².